The average molecular weight is 272 g/mol. The van der Waals surface area contributed by atoms with Crippen molar-refractivity contribution in [1.29, 1.82) is 0 Å². The number of carboxylic acids is 1. The molecular formula is C12H20N2O5. The molecule has 0 spiro atoms. The maximum atomic E-state index is 12.0. The van der Waals surface area contributed by atoms with Crippen LogP contribution in [0.5, 0.6) is 0 Å². The quantitative estimate of drug-likeness (QED) is 0.641. The van der Waals surface area contributed by atoms with Crippen molar-refractivity contribution in [2.45, 2.75) is 18.9 Å². The van der Waals surface area contributed by atoms with Gasteiger partial charge in [0.2, 0.25) is 0 Å². The van der Waals surface area contributed by atoms with Gasteiger partial charge in [-0.15, -0.1) is 0 Å². The van der Waals surface area contributed by atoms with Gasteiger partial charge in [-0.2, -0.15) is 0 Å². The summed E-state index contributed by atoms with van der Waals surface area (Å²) in [7, 11) is 0. The summed E-state index contributed by atoms with van der Waals surface area (Å²) in [5.41, 5.74) is 0. The number of amides is 2. The molecule has 3 atom stereocenters. The number of carbonyl (C=O) groups is 2. The number of hydrogen-bond donors (Lipinski definition) is 3. The first kappa shape index (κ1) is 14.1. The number of rotatable bonds is 4. The van der Waals surface area contributed by atoms with Crippen LogP contribution >= 0.6 is 0 Å². The number of nitrogens with one attached hydrogen (secondary N) is 1. The van der Waals surface area contributed by atoms with Crippen molar-refractivity contribution in [2.24, 2.45) is 11.8 Å². The van der Waals surface area contributed by atoms with Crippen LogP contribution in [0, 0.1) is 11.8 Å². The number of hydrogen-bond acceptors (Lipinski definition) is 4. The highest BCUT2D eigenvalue weighted by molar-refractivity contribution is 5.77. The van der Waals surface area contributed by atoms with E-state index in [0.717, 1.165) is 6.42 Å². The van der Waals surface area contributed by atoms with Crippen LogP contribution in [0.1, 0.15) is 12.8 Å². The summed E-state index contributed by atoms with van der Waals surface area (Å²) in [6.07, 6.45) is 1.59. The number of likely N-dealkylation sites (tertiary alicyclic amines) is 1. The zero-order valence-corrected chi connectivity index (χ0v) is 10.7. The predicted octanol–water partition coefficient (Wildman–Crippen LogP) is -0.500. The largest absolute Gasteiger partial charge is 0.481 e. The molecule has 0 aromatic carbocycles. The third kappa shape index (κ3) is 3.36. The lowest BCUT2D eigenvalue weighted by atomic mass is 10.0. The van der Waals surface area contributed by atoms with Crippen molar-refractivity contribution in [3.05, 3.63) is 0 Å². The molecule has 2 aliphatic rings. The van der Waals surface area contributed by atoms with Crippen LogP contribution < -0.4 is 5.32 Å². The van der Waals surface area contributed by atoms with Gasteiger partial charge in [-0.3, -0.25) is 4.79 Å². The Hall–Kier alpha value is -1.34. The third-order valence-electron chi connectivity index (χ3n) is 3.82. The van der Waals surface area contributed by atoms with Crippen LogP contribution in [0.4, 0.5) is 4.79 Å². The molecule has 0 bridgehead atoms. The molecule has 2 aliphatic heterocycles. The molecule has 2 amide bonds. The van der Waals surface area contributed by atoms with Gasteiger partial charge in [0.1, 0.15) is 5.92 Å². The van der Waals surface area contributed by atoms with Crippen molar-refractivity contribution in [3.63, 3.8) is 0 Å². The molecule has 3 unspecified atom stereocenters. The molecule has 2 rings (SSSR count). The summed E-state index contributed by atoms with van der Waals surface area (Å²) < 4.78 is 5.11. The minimum atomic E-state index is -0.942. The van der Waals surface area contributed by atoms with Gasteiger partial charge in [-0.05, 0) is 18.8 Å². The van der Waals surface area contributed by atoms with Crippen molar-refractivity contribution in [3.8, 4) is 0 Å². The topological polar surface area (TPSA) is 99.1 Å². The molecule has 2 fully saturated rings. The van der Waals surface area contributed by atoms with E-state index in [0.29, 0.717) is 25.4 Å². The first-order valence-corrected chi connectivity index (χ1v) is 6.58. The summed E-state index contributed by atoms with van der Waals surface area (Å²) in [6, 6.07) is -0.691. The first-order chi connectivity index (χ1) is 9.11. The molecule has 0 radical (unpaired) electrons. The van der Waals surface area contributed by atoms with Crippen molar-refractivity contribution < 1.29 is 24.5 Å². The van der Waals surface area contributed by atoms with E-state index < -0.39 is 17.9 Å². The van der Waals surface area contributed by atoms with Crippen LogP contribution in [0.25, 0.3) is 0 Å². The molecular weight excluding hydrogens is 252 g/mol. The molecule has 108 valence electrons. The summed E-state index contributed by atoms with van der Waals surface area (Å²) in [6.45, 7) is 1.81. The Labute approximate surface area is 111 Å². The predicted molar refractivity (Wildman–Crippen MR) is 65.6 cm³/mol. The zero-order valence-electron chi connectivity index (χ0n) is 10.7. The molecule has 3 N–H and O–H groups in total. The molecule has 19 heavy (non-hydrogen) atoms. The molecule has 7 heteroatoms. The Balaban J connectivity index is 1.83. The van der Waals surface area contributed by atoms with Crippen molar-refractivity contribution in [1.82, 2.24) is 10.2 Å². The van der Waals surface area contributed by atoms with Gasteiger partial charge in [0.05, 0.1) is 19.3 Å². The number of ether oxygens (including phenoxy) is 1. The zero-order chi connectivity index (χ0) is 13.8. The number of urea groups is 1. The Morgan fingerprint density at radius 1 is 1.37 bits per heavy atom. The molecule has 2 saturated heterocycles. The summed E-state index contributed by atoms with van der Waals surface area (Å²) in [4.78, 5) is 24.7. The van der Waals surface area contributed by atoms with Crippen molar-refractivity contribution >= 4 is 12.0 Å². The second-order valence-corrected chi connectivity index (χ2v) is 5.15. The smallest absolute Gasteiger partial charge is 0.317 e. The highest BCUT2D eigenvalue weighted by Crippen LogP contribution is 2.20. The van der Waals surface area contributed by atoms with Gasteiger partial charge in [0.25, 0.3) is 0 Å². The number of aliphatic carboxylic acids is 1. The summed E-state index contributed by atoms with van der Waals surface area (Å²) in [5, 5.41) is 20.6. The van der Waals surface area contributed by atoms with E-state index in [-0.39, 0.29) is 25.9 Å². The number of carbonyl (C=O) groups excluding carboxylic acids is 1. The fraction of sp³-hybridized carbons (Fsp3) is 0.833. The van der Waals surface area contributed by atoms with Crippen LogP contribution in [0.2, 0.25) is 0 Å². The van der Waals surface area contributed by atoms with E-state index in [2.05, 4.69) is 5.32 Å². The molecule has 0 aliphatic carbocycles. The number of carboxylic acid groups (broad SMARTS) is 1. The van der Waals surface area contributed by atoms with Crippen LogP contribution in [0.3, 0.4) is 0 Å². The number of aliphatic hydroxyl groups excluding tert-OH is 1. The monoisotopic (exact) mass is 272 g/mol. The Kier molecular flexibility index (Phi) is 4.60. The van der Waals surface area contributed by atoms with Crippen LogP contribution in [-0.4, -0.2) is 66.1 Å². The van der Waals surface area contributed by atoms with E-state index in [1.807, 2.05) is 0 Å². The van der Waals surface area contributed by atoms with E-state index >= 15 is 0 Å². The standard InChI is InChI=1S/C12H20N2O5/c15-4-2-8-1-3-14(5-8)12(18)13-10-7-19-6-9(10)11(16)17/h8-10,15H,1-7H2,(H,13,18)(H,16,17). The lowest BCUT2D eigenvalue weighted by molar-refractivity contribution is -0.142. The minimum absolute atomic E-state index is 0.137. The molecule has 7 nitrogen and oxygen atoms in total. The normalized spacial score (nSPS) is 30.6. The summed E-state index contributed by atoms with van der Waals surface area (Å²) in [5.74, 6) is -1.27. The molecule has 0 saturated carbocycles. The second-order valence-electron chi connectivity index (χ2n) is 5.15. The van der Waals surface area contributed by atoms with Gasteiger partial charge in [-0.1, -0.05) is 0 Å². The highest BCUT2D eigenvalue weighted by atomic mass is 16.5. The Morgan fingerprint density at radius 3 is 2.84 bits per heavy atom. The van der Waals surface area contributed by atoms with E-state index in [9.17, 15) is 9.59 Å². The number of nitrogens with zero attached hydrogens (tertiary/aromatic N) is 1. The van der Waals surface area contributed by atoms with Gasteiger partial charge in [-0.25, -0.2) is 4.79 Å². The second kappa shape index (κ2) is 6.21. The van der Waals surface area contributed by atoms with E-state index in [1.165, 1.54) is 0 Å². The molecule has 2 heterocycles. The van der Waals surface area contributed by atoms with Gasteiger partial charge in [0.15, 0.2) is 0 Å². The van der Waals surface area contributed by atoms with Crippen molar-refractivity contribution in [2.75, 3.05) is 32.9 Å². The maximum Gasteiger partial charge on any atom is 0.317 e. The van der Waals surface area contributed by atoms with Gasteiger partial charge < -0.3 is 25.2 Å². The third-order valence-corrected chi connectivity index (χ3v) is 3.82. The number of aliphatic hydroxyl groups is 1. The lowest BCUT2D eigenvalue weighted by Gasteiger charge is -2.22. The fourth-order valence-electron chi connectivity index (χ4n) is 2.63. The van der Waals surface area contributed by atoms with Gasteiger partial charge in [0, 0.05) is 19.7 Å². The Bertz CT molecular complexity index is 349. The first-order valence-electron chi connectivity index (χ1n) is 6.58. The fourth-order valence-corrected chi connectivity index (χ4v) is 2.63. The van der Waals surface area contributed by atoms with Crippen LogP contribution in [0.15, 0.2) is 0 Å². The molecule has 0 aromatic heterocycles. The SMILES string of the molecule is O=C(O)C1COCC1NC(=O)N1CCC(CCO)C1. The van der Waals surface area contributed by atoms with Gasteiger partial charge >= 0.3 is 12.0 Å². The molecule has 0 aromatic rings. The van der Waals surface area contributed by atoms with E-state index in [4.69, 9.17) is 14.9 Å². The Morgan fingerprint density at radius 2 is 2.16 bits per heavy atom. The highest BCUT2D eigenvalue weighted by Gasteiger charge is 2.36. The van der Waals surface area contributed by atoms with Crippen LogP contribution in [-0.2, 0) is 9.53 Å². The maximum absolute atomic E-state index is 12.0. The average Bonchev–Trinajstić information content (AvgIpc) is 2.98. The minimum Gasteiger partial charge on any atom is -0.481 e. The lowest BCUT2D eigenvalue weighted by Crippen LogP contribution is -2.48. The summed E-state index contributed by atoms with van der Waals surface area (Å²) >= 11 is 0. The van der Waals surface area contributed by atoms with E-state index in [1.54, 1.807) is 4.90 Å².